The number of ether oxygens (including phenoxy) is 2. The maximum absolute atomic E-state index is 13.1. The van der Waals surface area contributed by atoms with Crippen molar-refractivity contribution in [3.63, 3.8) is 0 Å². The molecule has 26 heavy (non-hydrogen) atoms. The van der Waals surface area contributed by atoms with E-state index in [1.807, 2.05) is 0 Å². The Kier molecular flexibility index (Phi) is 5.93. The van der Waals surface area contributed by atoms with E-state index in [0.29, 0.717) is 20.8 Å². The third kappa shape index (κ3) is 4.07. The number of anilines is 1. The van der Waals surface area contributed by atoms with Crippen LogP contribution in [-0.2, 0) is 22.4 Å². The van der Waals surface area contributed by atoms with Crippen LogP contribution in [-0.4, -0.2) is 25.1 Å². The lowest BCUT2D eigenvalue weighted by molar-refractivity contribution is -0.118. The fourth-order valence-corrected chi connectivity index (χ4v) is 4.57. The molecule has 0 unspecified atom stereocenters. The zero-order valence-electron chi connectivity index (χ0n) is 14.1. The van der Waals surface area contributed by atoms with E-state index < -0.39 is 17.7 Å². The topological polar surface area (TPSA) is 64.6 Å². The molecule has 1 aliphatic rings. The van der Waals surface area contributed by atoms with E-state index in [1.165, 1.54) is 29.5 Å². The number of hydrogen-bond acceptors (Lipinski definition) is 5. The van der Waals surface area contributed by atoms with Gasteiger partial charge in [-0.2, -0.15) is 0 Å². The van der Waals surface area contributed by atoms with Gasteiger partial charge in [0.1, 0.15) is 16.6 Å². The second-order valence-corrected chi connectivity index (χ2v) is 7.65. The summed E-state index contributed by atoms with van der Waals surface area (Å²) in [6.45, 7) is 1.77. The first-order valence-corrected chi connectivity index (χ1v) is 9.80. The van der Waals surface area contributed by atoms with Gasteiger partial charge in [0.2, 0.25) is 0 Å². The highest BCUT2D eigenvalue weighted by Crippen LogP contribution is 2.39. The van der Waals surface area contributed by atoms with Gasteiger partial charge in [-0.25, -0.2) is 9.18 Å². The van der Waals surface area contributed by atoms with Crippen molar-refractivity contribution in [1.29, 1.82) is 0 Å². The third-order valence-electron chi connectivity index (χ3n) is 3.91. The third-order valence-corrected chi connectivity index (χ3v) is 5.73. The molecule has 0 saturated carbocycles. The first-order valence-electron chi connectivity index (χ1n) is 8.19. The van der Waals surface area contributed by atoms with Crippen molar-refractivity contribution in [1.82, 2.24) is 0 Å². The molecule has 1 amide bonds. The molecule has 1 aromatic carbocycles. The number of rotatable bonds is 6. The summed E-state index contributed by atoms with van der Waals surface area (Å²) in [4.78, 5) is 25.7. The van der Waals surface area contributed by atoms with E-state index >= 15 is 0 Å². The molecule has 3 rings (SSSR count). The van der Waals surface area contributed by atoms with Gasteiger partial charge in [-0.3, -0.25) is 4.79 Å². The van der Waals surface area contributed by atoms with Crippen LogP contribution in [0.2, 0.25) is 0 Å². The largest absolute Gasteiger partial charge is 0.483 e. The minimum absolute atomic E-state index is 0.255. The van der Waals surface area contributed by atoms with Gasteiger partial charge in [0.05, 0.1) is 16.6 Å². The normalized spacial score (nSPS) is 12.6. The average Bonchev–Trinajstić information content (AvgIpc) is 3.14. The lowest BCUT2D eigenvalue weighted by Gasteiger charge is -2.10. The summed E-state index contributed by atoms with van der Waals surface area (Å²) in [5, 5.41) is 3.24. The van der Waals surface area contributed by atoms with Crippen LogP contribution in [0.15, 0.2) is 22.7 Å². The van der Waals surface area contributed by atoms with Gasteiger partial charge < -0.3 is 14.8 Å². The zero-order chi connectivity index (χ0) is 18.7. The van der Waals surface area contributed by atoms with Gasteiger partial charge in [-0.15, -0.1) is 11.3 Å². The summed E-state index contributed by atoms with van der Waals surface area (Å²) in [5.41, 5.74) is 1.44. The molecule has 0 aliphatic heterocycles. The molecule has 0 bridgehead atoms. The zero-order valence-corrected chi connectivity index (χ0v) is 16.5. The van der Waals surface area contributed by atoms with Crippen LogP contribution >= 0.6 is 27.3 Å². The molecule has 0 fully saturated rings. The molecular formula is C18H17BrFNO4S. The van der Waals surface area contributed by atoms with Crippen LogP contribution in [0, 0.1) is 5.82 Å². The number of fused-ring (bicyclic) bond motifs is 1. The number of aryl methyl sites for hydroxylation is 1. The maximum Gasteiger partial charge on any atom is 0.341 e. The maximum atomic E-state index is 13.1. The molecule has 1 aliphatic carbocycles. The van der Waals surface area contributed by atoms with Crippen molar-refractivity contribution < 1.29 is 23.5 Å². The Balaban J connectivity index is 1.70. The number of esters is 1. The first kappa shape index (κ1) is 18.8. The van der Waals surface area contributed by atoms with E-state index in [2.05, 4.69) is 21.2 Å². The van der Waals surface area contributed by atoms with E-state index in [4.69, 9.17) is 9.47 Å². The van der Waals surface area contributed by atoms with Gasteiger partial charge in [-0.05, 0) is 65.9 Å². The van der Waals surface area contributed by atoms with E-state index in [1.54, 1.807) is 6.92 Å². The summed E-state index contributed by atoms with van der Waals surface area (Å²) in [5.74, 6) is -0.849. The molecule has 138 valence electrons. The molecule has 1 N–H and O–H groups in total. The van der Waals surface area contributed by atoms with Crippen molar-refractivity contribution in [3.05, 3.63) is 44.5 Å². The molecule has 8 heteroatoms. The summed E-state index contributed by atoms with van der Waals surface area (Å²) >= 11 is 4.60. The molecule has 5 nitrogen and oxygen atoms in total. The fraction of sp³-hybridized carbons (Fsp3) is 0.333. The van der Waals surface area contributed by atoms with E-state index in [-0.39, 0.29) is 13.2 Å². The van der Waals surface area contributed by atoms with Gasteiger partial charge in [0, 0.05) is 4.88 Å². The number of hydrogen-bond donors (Lipinski definition) is 1. The predicted octanol–water partition coefficient (Wildman–Crippen LogP) is 4.33. The number of amides is 1. The highest BCUT2D eigenvalue weighted by Gasteiger charge is 2.28. The van der Waals surface area contributed by atoms with E-state index in [0.717, 1.165) is 29.7 Å². The van der Waals surface area contributed by atoms with Gasteiger partial charge in [0.15, 0.2) is 6.61 Å². The lowest BCUT2D eigenvalue weighted by Crippen LogP contribution is -2.21. The van der Waals surface area contributed by atoms with Crippen LogP contribution in [0.3, 0.4) is 0 Å². The Morgan fingerprint density at radius 3 is 2.88 bits per heavy atom. The van der Waals surface area contributed by atoms with Crippen LogP contribution in [0.1, 0.15) is 34.1 Å². The molecular weight excluding hydrogens is 425 g/mol. The van der Waals surface area contributed by atoms with Crippen molar-refractivity contribution in [2.24, 2.45) is 0 Å². The lowest BCUT2D eigenvalue weighted by atomic mass is 10.1. The van der Waals surface area contributed by atoms with Gasteiger partial charge in [-0.1, -0.05) is 0 Å². The summed E-state index contributed by atoms with van der Waals surface area (Å²) in [7, 11) is 0. The van der Waals surface area contributed by atoms with Crippen molar-refractivity contribution in [2.45, 2.75) is 26.2 Å². The fourth-order valence-electron chi connectivity index (χ4n) is 2.81. The molecule has 1 heterocycles. The number of thiophene rings is 1. The number of carbonyl (C=O) groups excluding carboxylic acids is 2. The first-order chi connectivity index (χ1) is 12.5. The average molecular weight is 442 g/mol. The van der Waals surface area contributed by atoms with Crippen molar-refractivity contribution in [3.8, 4) is 5.75 Å². The second kappa shape index (κ2) is 8.18. The highest BCUT2D eigenvalue weighted by molar-refractivity contribution is 9.10. The van der Waals surface area contributed by atoms with Crippen LogP contribution in [0.4, 0.5) is 9.39 Å². The number of halogens is 2. The smallest absolute Gasteiger partial charge is 0.341 e. The minimum Gasteiger partial charge on any atom is -0.483 e. The Bertz CT molecular complexity index is 852. The minimum atomic E-state index is -0.413. The monoisotopic (exact) mass is 441 g/mol. The highest BCUT2D eigenvalue weighted by atomic mass is 79.9. The van der Waals surface area contributed by atoms with Crippen LogP contribution in [0.5, 0.6) is 5.75 Å². The second-order valence-electron chi connectivity index (χ2n) is 5.69. The van der Waals surface area contributed by atoms with Gasteiger partial charge >= 0.3 is 5.97 Å². The van der Waals surface area contributed by atoms with E-state index in [9.17, 15) is 14.0 Å². The van der Waals surface area contributed by atoms with Crippen molar-refractivity contribution >= 4 is 44.1 Å². The van der Waals surface area contributed by atoms with Crippen LogP contribution in [0.25, 0.3) is 0 Å². The molecule has 0 atom stereocenters. The van der Waals surface area contributed by atoms with Gasteiger partial charge in [0.25, 0.3) is 5.91 Å². The Morgan fingerprint density at radius 1 is 1.35 bits per heavy atom. The van der Waals surface area contributed by atoms with Crippen molar-refractivity contribution in [2.75, 3.05) is 18.5 Å². The number of benzene rings is 1. The predicted molar refractivity (Wildman–Crippen MR) is 101 cm³/mol. The summed E-state index contributed by atoms with van der Waals surface area (Å²) < 4.78 is 24.1. The Labute approximate surface area is 162 Å². The number of nitrogens with one attached hydrogen (secondary N) is 1. The SMILES string of the molecule is CCOC(=O)c1c(NC(=O)COc2ccc(F)cc2Br)sc2c1CCC2. The Hall–Kier alpha value is -1.93. The molecule has 1 aromatic heterocycles. The molecule has 0 saturated heterocycles. The summed E-state index contributed by atoms with van der Waals surface area (Å²) in [6, 6.07) is 3.95. The Morgan fingerprint density at radius 2 is 2.15 bits per heavy atom. The summed E-state index contributed by atoms with van der Waals surface area (Å²) in [6.07, 6.45) is 2.72. The quantitative estimate of drug-likeness (QED) is 0.677. The molecule has 0 spiro atoms. The standard InChI is InChI=1S/C18H17BrFNO4S/c1-2-24-18(23)16-11-4-3-5-14(11)26-17(16)21-15(22)9-25-13-7-6-10(20)8-12(13)19/h6-8H,2-5,9H2,1H3,(H,21,22). The molecule has 2 aromatic rings. The number of carbonyl (C=O) groups is 2. The van der Waals surface area contributed by atoms with Crippen LogP contribution < -0.4 is 10.1 Å². The molecule has 0 radical (unpaired) electrons.